The van der Waals surface area contributed by atoms with Gasteiger partial charge in [0.1, 0.15) is 0 Å². The molecule has 0 aliphatic carbocycles. The van der Waals surface area contributed by atoms with Crippen LogP contribution >= 0.6 is 0 Å². The summed E-state index contributed by atoms with van der Waals surface area (Å²) in [6.45, 7) is 0. The van der Waals surface area contributed by atoms with Crippen molar-refractivity contribution >= 4 is 0 Å². The Morgan fingerprint density at radius 2 is 0.571 bits per heavy atom. The molecule has 0 aliphatic rings. The number of hydrogen-bond donors (Lipinski definition) is 0. The average molecular weight is 332 g/mol. The Labute approximate surface area is 92.7 Å². The van der Waals surface area contributed by atoms with Crippen molar-refractivity contribution in [3.63, 3.8) is 0 Å². The third-order valence-corrected chi connectivity index (χ3v) is 0. The average Bonchev–Trinajstić information content (AvgIpc) is 0.811. The van der Waals surface area contributed by atoms with Crippen LogP contribution in [0.2, 0.25) is 0 Å². The molecule has 0 bridgehead atoms. The number of hydrogen-bond acceptors (Lipinski definition) is 3. The third kappa shape index (κ3) is 7360. The van der Waals surface area contributed by atoms with Gasteiger partial charge in [0.15, 0.2) is 0 Å². The maximum absolute atomic E-state index is 8.25. The summed E-state index contributed by atoms with van der Waals surface area (Å²) in [5.74, 6) is 0. The minimum absolute atomic E-state index is 0. The molecule has 0 fully saturated rings. The SMILES string of the molecule is O.O.O.O.O.O.O.O.O.O=[N+]([O-])[O-].[Ag+]. The van der Waals surface area contributed by atoms with E-state index in [-0.39, 0.29) is 71.7 Å². The molecule has 106 valence electrons. The van der Waals surface area contributed by atoms with E-state index in [1.807, 2.05) is 0 Å². The van der Waals surface area contributed by atoms with Crippen molar-refractivity contribution in [3.8, 4) is 0 Å². The Balaban J connectivity index is -0.000000001000. The Kier molecular flexibility index (Phi) is 5840. The summed E-state index contributed by atoms with van der Waals surface area (Å²) in [5, 5.41) is 14.8. The second-order valence-corrected chi connectivity index (χ2v) is 0.224. The van der Waals surface area contributed by atoms with Crippen molar-refractivity contribution in [3.05, 3.63) is 15.3 Å². The quantitative estimate of drug-likeness (QED) is 0.237. The van der Waals surface area contributed by atoms with Gasteiger partial charge in [-0.1, -0.05) is 0 Å². The minimum Gasteiger partial charge on any atom is -0.412 e. The van der Waals surface area contributed by atoms with Gasteiger partial charge in [0.2, 0.25) is 0 Å². The maximum Gasteiger partial charge on any atom is 1.00 e. The molecule has 0 saturated heterocycles. The van der Waals surface area contributed by atoms with E-state index in [0.29, 0.717) is 0 Å². The Hall–Kier alpha value is -0.420. The van der Waals surface area contributed by atoms with Gasteiger partial charge in [0.25, 0.3) is 0 Å². The van der Waals surface area contributed by atoms with Gasteiger partial charge in [-0.25, -0.2) is 0 Å². The van der Waals surface area contributed by atoms with Gasteiger partial charge in [0, 0.05) is 0 Å². The summed E-state index contributed by atoms with van der Waals surface area (Å²) in [6.07, 6.45) is 0. The second kappa shape index (κ2) is 253. The molecule has 14 heteroatoms. The molecule has 0 spiro atoms. The van der Waals surface area contributed by atoms with Crippen molar-refractivity contribution < 1.29 is 76.8 Å². The smallest absolute Gasteiger partial charge is 0.412 e. The fraction of sp³-hybridized carbons (Fsp3) is 0. The van der Waals surface area contributed by atoms with Gasteiger partial charge in [0.05, 0.1) is 5.09 Å². The molecule has 0 radical (unpaired) electrons. The zero-order valence-corrected chi connectivity index (χ0v) is 7.96. The van der Waals surface area contributed by atoms with Crippen LogP contribution in [-0.4, -0.2) is 54.4 Å². The Morgan fingerprint density at radius 3 is 0.571 bits per heavy atom. The normalized spacial score (nSPS) is 1.71. The van der Waals surface area contributed by atoms with Crippen LogP contribution < -0.4 is 0 Å². The van der Waals surface area contributed by atoms with E-state index in [0.717, 1.165) is 0 Å². The third-order valence-electron chi connectivity index (χ3n) is 0. The minimum atomic E-state index is -1.75. The van der Waals surface area contributed by atoms with Crippen LogP contribution in [0.4, 0.5) is 0 Å². The predicted octanol–water partition coefficient (Wildman–Crippen LogP) is -7.66. The predicted molar refractivity (Wildman–Crippen MR) is 42.9 cm³/mol. The summed E-state index contributed by atoms with van der Waals surface area (Å²) in [7, 11) is 0. The van der Waals surface area contributed by atoms with E-state index in [2.05, 4.69) is 0 Å². The second-order valence-electron chi connectivity index (χ2n) is 0.224. The van der Waals surface area contributed by atoms with E-state index in [1.165, 1.54) is 0 Å². The van der Waals surface area contributed by atoms with Crippen LogP contribution in [0.5, 0.6) is 0 Å². The summed E-state index contributed by atoms with van der Waals surface area (Å²) in [4.78, 5) is 8.25. The zero-order chi connectivity index (χ0) is 3.58. The summed E-state index contributed by atoms with van der Waals surface area (Å²) < 4.78 is 0. The van der Waals surface area contributed by atoms with Gasteiger partial charge in [-0.3, -0.25) is 0 Å². The molecule has 0 aromatic rings. The number of nitrogens with zero attached hydrogens (tertiary/aromatic N) is 1. The van der Waals surface area contributed by atoms with Gasteiger partial charge in [-0.15, -0.1) is 0 Å². The van der Waals surface area contributed by atoms with E-state index < -0.39 is 5.09 Å². The molecule has 18 N–H and O–H groups in total. The van der Waals surface area contributed by atoms with Crippen molar-refractivity contribution in [1.29, 1.82) is 0 Å². The fourth-order valence-corrected chi connectivity index (χ4v) is 0. The molecule has 0 aliphatic heterocycles. The van der Waals surface area contributed by atoms with Crippen LogP contribution in [0.3, 0.4) is 0 Å². The first kappa shape index (κ1) is 323. The fourth-order valence-electron chi connectivity index (χ4n) is 0. The van der Waals surface area contributed by atoms with Crippen LogP contribution in [0.25, 0.3) is 0 Å². The molecule has 0 unspecified atom stereocenters. The molecular formula is H18AgNO12. The maximum atomic E-state index is 8.25. The monoisotopic (exact) mass is 331 g/mol. The molecular weight excluding hydrogens is 314 g/mol. The van der Waals surface area contributed by atoms with Gasteiger partial charge >= 0.3 is 22.4 Å². The van der Waals surface area contributed by atoms with Gasteiger partial charge in [-0.2, -0.15) is 0 Å². The summed E-state index contributed by atoms with van der Waals surface area (Å²) in [6, 6.07) is 0. The first-order valence-corrected chi connectivity index (χ1v) is 0.548. The number of rotatable bonds is 0. The van der Waals surface area contributed by atoms with Gasteiger partial charge < -0.3 is 64.6 Å². The molecule has 0 aromatic carbocycles. The van der Waals surface area contributed by atoms with Crippen molar-refractivity contribution in [2.45, 2.75) is 0 Å². The van der Waals surface area contributed by atoms with Crippen LogP contribution in [0.1, 0.15) is 0 Å². The van der Waals surface area contributed by atoms with Gasteiger partial charge in [-0.05, 0) is 0 Å². The molecule has 0 heterocycles. The molecule has 0 amide bonds. The summed E-state index contributed by atoms with van der Waals surface area (Å²) in [5.41, 5.74) is 0. The van der Waals surface area contributed by atoms with Crippen molar-refractivity contribution in [1.82, 2.24) is 0 Å². The molecule has 13 nitrogen and oxygen atoms in total. The topological polar surface area (TPSA) is 350 Å². The van der Waals surface area contributed by atoms with Crippen LogP contribution in [0.15, 0.2) is 0 Å². The van der Waals surface area contributed by atoms with E-state index in [9.17, 15) is 0 Å². The molecule has 0 saturated carbocycles. The van der Waals surface area contributed by atoms with Crippen LogP contribution in [-0.2, 0) is 22.4 Å². The van der Waals surface area contributed by atoms with E-state index in [4.69, 9.17) is 15.3 Å². The Bertz CT molecular complexity index is 33.3. The first-order valence-electron chi connectivity index (χ1n) is 0.548. The van der Waals surface area contributed by atoms with Crippen molar-refractivity contribution in [2.75, 3.05) is 0 Å². The molecule has 0 atom stereocenters. The molecule has 14 heavy (non-hydrogen) atoms. The summed E-state index contributed by atoms with van der Waals surface area (Å²) >= 11 is 0. The molecule has 0 rings (SSSR count). The van der Waals surface area contributed by atoms with Crippen LogP contribution in [0, 0.1) is 15.3 Å². The largest absolute Gasteiger partial charge is 1.00 e. The van der Waals surface area contributed by atoms with Crippen molar-refractivity contribution in [2.24, 2.45) is 0 Å². The van der Waals surface area contributed by atoms with E-state index in [1.54, 1.807) is 0 Å². The first-order chi connectivity index (χ1) is 1.73. The molecule has 0 aromatic heterocycles. The van der Waals surface area contributed by atoms with E-state index >= 15 is 0 Å². The standard InChI is InChI=1S/Ag.NO3.9H2O/c;2-1(3)4;;;;;;;;;/h;;9*1H2/q+1;-1;;;;;;;;;. The Morgan fingerprint density at radius 1 is 0.571 bits per heavy atom. The zero-order valence-electron chi connectivity index (χ0n) is 6.47.